The molecule has 0 atom stereocenters. The number of carboxylic acids is 1. The van der Waals surface area contributed by atoms with Gasteiger partial charge in [-0.15, -0.1) is 0 Å². The standard InChI is InChI=1S/C17H13FN2O3S/c1-10-2-4-11(5-3-10)16(23)19-17-20(9-15(21)22)13-8-12(18)6-7-14(13)24-17/h2-8H,9H2,1H3,(H,21,22)/b19-17-. The van der Waals surface area contributed by atoms with Gasteiger partial charge in [0.15, 0.2) is 4.80 Å². The van der Waals surface area contributed by atoms with Crippen molar-refractivity contribution in [1.82, 2.24) is 4.57 Å². The first-order chi connectivity index (χ1) is 11.4. The van der Waals surface area contributed by atoms with Gasteiger partial charge in [0, 0.05) is 5.56 Å². The Bertz CT molecular complexity index is 1000. The molecule has 5 nitrogen and oxygen atoms in total. The summed E-state index contributed by atoms with van der Waals surface area (Å²) in [5.74, 6) is -2.04. The molecule has 0 aliphatic heterocycles. The van der Waals surface area contributed by atoms with Gasteiger partial charge >= 0.3 is 5.97 Å². The van der Waals surface area contributed by atoms with Crippen LogP contribution in [0.3, 0.4) is 0 Å². The van der Waals surface area contributed by atoms with Crippen molar-refractivity contribution < 1.29 is 19.1 Å². The molecule has 3 rings (SSSR count). The highest BCUT2D eigenvalue weighted by molar-refractivity contribution is 7.16. The quantitative estimate of drug-likeness (QED) is 0.794. The van der Waals surface area contributed by atoms with Gasteiger partial charge in [-0.2, -0.15) is 4.99 Å². The zero-order valence-corrected chi connectivity index (χ0v) is 13.5. The van der Waals surface area contributed by atoms with E-state index < -0.39 is 24.2 Å². The molecule has 1 aromatic heterocycles. The highest BCUT2D eigenvalue weighted by Gasteiger charge is 2.12. The van der Waals surface area contributed by atoms with E-state index in [1.165, 1.54) is 16.7 Å². The average Bonchev–Trinajstić information content (AvgIpc) is 2.84. The van der Waals surface area contributed by atoms with Crippen molar-refractivity contribution in [2.45, 2.75) is 13.5 Å². The molecule has 2 aromatic carbocycles. The van der Waals surface area contributed by atoms with Crippen molar-refractivity contribution in [2.75, 3.05) is 0 Å². The maximum absolute atomic E-state index is 13.5. The number of rotatable bonds is 3. The second-order valence-electron chi connectivity index (χ2n) is 5.26. The lowest BCUT2D eigenvalue weighted by atomic mass is 10.1. The summed E-state index contributed by atoms with van der Waals surface area (Å²) in [6, 6.07) is 11.0. The first kappa shape index (κ1) is 16.1. The summed E-state index contributed by atoms with van der Waals surface area (Å²) in [6.07, 6.45) is 0. The number of aliphatic carboxylic acids is 1. The fraction of sp³-hybridized carbons (Fsp3) is 0.118. The smallest absolute Gasteiger partial charge is 0.323 e. The molecule has 0 spiro atoms. The molecule has 3 aromatic rings. The maximum atomic E-state index is 13.5. The van der Waals surface area contributed by atoms with Gasteiger partial charge < -0.3 is 9.67 Å². The highest BCUT2D eigenvalue weighted by atomic mass is 32.1. The first-order valence-electron chi connectivity index (χ1n) is 7.10. The lowest BCUT2D eigenvalue weighted by Gasteiger charge is -2.01. The molecule has 1 heterocycles. The second kappa shape index (κ2) is 6.37. The normalized spacial score (nSPS) is 11.8. The number of fused-ring (bicyclic) bond motifs is 1. The van der Waals surface area contributed by atoms with Crippen LogP contribution in [0.4, 0.5) is 4.39 Å². The molecule has 7 heteroatoms. The van der Waals surface area contributed by atoms with E-state index in [4.69, 9.17) is 5.11 Å². The Balaban J connectivity index is 2.15. The van der Waals surface area contributed by atoms with E-state index in [9.17, 15) is 14.0 Å². The predicted molar refractivity (Wildman–Crippen MR) is 88.5 cm³/mol. The van der Waals surface area contributed by atoms with Gasteiger partial charge in [-0.3, -0.25) is 9.59 Å². The lowest BCUT2D eigenvalue weighted by Crippen LogP contribution is -2.21. The van der Waals surface area contributed by atoms with Crippen LogP contribution in [0.5, 0.6) is 0 Å². The fourth-order valence-electron chi connectivity index (χ4n) is 2.26. The molecule has 0 bridgehead atoms. The lowest BCUT2D eigenvalue weighted by molar-refractivity contribution is -0.137. The van der Waals surface area contributed by atoms with Crippen LogP contribution in [0.15, 0.2) is 47.5 Å². The van der Waals surface area contributed by atoms with Gasteiger partial charge in [0.05, 0.1) is 10.2 Å². The number of aryl methyl sites for hydroxylation is 1. The molecular formula is C17H13FN2O3S. The molecule has 122 valence electrons. The summed E-state index contributed by atoms with van der Waals surface area (Å²) in [7, 11) is 0. The van der Waals surface area contributed by atoms with Crippen molar-refractivity contribution in [3.05, 3.63) is 64.2 Å². The second-order valence-corrected chi connectivity index (χ2v) is 6.27. The predicted octanol–water partition coefficient (Wildman–Crippen LogP) is 2.98. The van der Waals surface area contributed by atoms with Gasteiger partial charge in [0.1, 0.15) is 12.4 Å². The van der Waals surface area contributed by atoms with Crippen LogP contribution < -0.4 is 4.80 Å². The van der Waals surface area contributed by atoms with Crippen molar-refractivity contribution >= 4 is 33.4 Å². The minimum absolute atomic E-state index is 0.226. The SMILES string of the molecule is Cc1ccc(C(=O)/N=c2\sc3ccc(F)cc3n2CC(=O)O)cc1. The molecule has 1 N–H and O–H groups in total. The van der Waals surface area contributed by atoms with E-state index >= 15 is 0 Å². The van der Waals surface area contributed by atoms with E-state index in [0.29, 0.717) is 15.8 Å². The molecule has 0 aliphatic rings. The average molecular weight is 344 g/mol. The Kier molecular flexibility index (Phi) is 4.26. The Labute approximate surface area is 140 Å². The summed E-state index contributed by atoms with van der Waals surface area (Å²) in [5.41, 5.74) is 1.83. The molecule has 1 amide bonds. The van der Waals surface area contributed by atoms with E-state index in [2.05, 4.69) is 4.99 Å². The van der Waals surface area contributed by atoms with Crippen molar-refractivity contribution in [3.63, 3.8) is 0 Å². The van der Waals surface area contributed by atoms with Gasteiger partial charge in [0.2, 0.25) is 0 Å². The topological polar surface area (TPSA) is 71.7 Å². The first-order valence-corrected chi connectivity index (χ1v) is 7.92. The number of carbonyl (C=O) groups is 2. The van der Waals surface area contributed by atoms with Crippen LogP contribution in [-0.2, 0) is 11.3 Å². The summed E-state index contributed by atoms with van der Waals surface area (Å²) in [5, 5.41) is 9.08. The summed E-state index contributed by atoms with van der Waals surface area (Å²) in [4.78, 5) is 27.7. The Morgan fingerprint density at radius 3 is 2.58 bits per heavy atom. The number of carboxylic acid groups (broad SMARTS) is 1. The van der Waals surface area contributed by atoms with Gasteiger partial charge in [-0.1, -0.05) is 29.0 Å². The number of benzene rings is 2. The number of carbonyl (C=O) groups excluding carboxylic acids is 1. The van der Waals surface area contributed by atoms with E-state index in [-0.39, 0.29) is 4.80 Å². The summed E-state index contributed by atoms with van der Waals surface area (Å²) in [6.45, 7) is 1.51. The van der Waals surface area contributed by atoms with Crippen molar-refractivity contribution in [3.8, 4) is 0 Å². The third-order valence-corrected chi connectivity index (χ3v) is 4.49. The Hall–Kier alpha value is -2.80. The minimum atomic E-state index is -1.09. The highest BCUT2D eigenvalue weighted by Crippen LogP contribution is 2.18. The number of hydrogen-bond donors (Lipinski definition) is 1. The third-order valence-electron chi connectivity index (χ3n) is 3.43. The third kappa shape index (κ3) is 3.26. The molecule has 0 unspecified atom stereocenters. The van der Waals surface area contributed by atoms with Gasteiger partial charge in [-0.05, 0) is 37.3 Å². The van der Waals surface area contributed by atoms with Crippen LogP contribution in [-0.4, -0.2) is 21.6 Å². The van der Waals surface area contributed by atoms with Crippen LogP contribution in [0.25, 0.3) is 10.2 Å². The van der Waals surface area contributed by atoms with Crippen molar-refractivity contribution in [1.29, 1.82) is 0 Å². The monoisotopic (exact) mass is 344 g/mol. The van der Waals surface area contributed by atoms with Gasteiger partial charge in [0.25, 0.3) is 5.91 Å². The maximum Gasteiger partial charge on any atom is 0.323 e. The van der Waals surface area contributed by atoms with Crippen LogP contribution >= 0.6 is 11.3 Å². The number of halogens is 1. The van der Waals surface area contributed by atoms with Crippen LogP contribution in [0.1, 0.15) is 15.9 Å². The number of hydrogen-bond acceptors (Lipinski definition) is 3. The number of nitrogens with zero attached hydrogens (tertiary/aromatic N) is 2. The number of amides is 1. The molecule has 0 fully saturated rings. The van der Waals surface area contributed by atoms with E-state index in [0.717, 1.165) is 16.9 Å². The van der Waals surface area contributed by atoms with E-state index in [1.54, 1.807) is 30.3 Å². The van der Waals surface area contributed by atoms with Crippen molar-refractivity contribution in [2.24, 2.45) is 4.99 Å². The largest absolute Gasteiger partial charge is 0.480 e. The molecule has 0 saturated heterocycles. The van der Waals surface area contributed by atoms with E-state index in [1.807, 2.05) is 6.92 Å². The molecule has 0 radical (unpaired) electrons. The molecule has 24 heavy (non-hydrogen) atoms. The Morgan fingerprint density at radius 1 is 1.21 bits per heavy atom. The molecule has 0 aliphatic carbocycles. The minimum Gasteiger partial charge on any atom is -0.480 e. The zero-order chi connectivity index (χ0) is 17.3. The molecule has 0 saturated carbocycles. The zero-order valence-electron chi connectivity index (χ0n) is 12.7. The van der Waals surface area contributed by atoms with Gasteiger partial charge in [-0.25, -0.2) is 4.39 Å². The molecular weight excluding hydrogens is 331 g/mol. The fourth-order valence-corrected chi connectivity index (χ4v) is 3.27. The number of aromatic nitrogens is 1. The summed E-state index contributed by atoms with van der Waals surface area (Å²) < 4.78 is 15.5. The number of thiazole rings is 1. The summed E-state index contributed by atoms with van der Waals surface area (Å²) >= 11 is 1.15. The van der Waals surface area contributed by atoms with Crippen LogP contribution in [0, 0.1) is 12.7 Å². The van der Waals surface area contributed by atoms with Crippen LogP contribution in [0.2, 0.25) is 0 Å². The Morgan fingerprint density at radius 2 is 1.92 bits per heavy atom.